The first-order valence-corrected chi connectivity index (χ1v) is 7.23. The average molecular weight is 298 g/mol. The van der Waals surface area contributed by atoms with Gasteiger partial charge in [0.05, 0.1) is 6.04 Å². The lowest BCUT2D eigenvalue weighted by atomic mass is 10.1. The Morgan fingerprint density at radius 2 is 2.00 bits per heavy atom. The summed E-state index contributed by atoms with van der Waals surface area (Å²) in [5, 5.41) is 10.4. The topological polar surface area (TPSA) is 75.8 Å². The van der Waals surface area contributed by atoms with Gasteiger partial charge in [0, 0.05) is 0 Å². The summed E-state index contributed by atoms with van der Waals surface area (Å²) in [6, 6.07) is 14.4. The third-order valence-corrected chi connectivity index (χ3v) is 3.95. The summed E-state index contributed by atoms with van der Waals surface area (Å²) in [7, 11) is 0. The highest BCUT2D eigenvalue weighted by Crippen LogP contribution is 2.39. The van der Waals surface area contributed by atoms with E-state index in [1.165, 1.54) is 0 Å². The summed E-state index contributed by atoms with van der Waals surface area (Å²) in [6.45, 7) is 0.487. The van der Waals surface area contributed by atoms with Gasteiger partial charge in [0.1, 0.15) is 12.4 Å². The molecule has 2 aromatic rings. The molecule has 3 N–H and O–H groups in total. The predicted molar refractivity (Wildman–Crippen MR) is 81.5 cm³/mol. The third-order valence-electron chi connectivity index (χ3n) is 3.95. The predicted octanol–water partition coefficient (Wildman–Crippen LogP) is 3.02. The molecule has 2 amide bonds. The van der Waals surface area contributed by atoms with E-state index in [1.54, 1.807) is 0 Å². The van der Waals surface area contributed by atoms with Gasteiger partial charge in [0.2, 0.25) is 0 Å². The van der Waals surface area contributed by atoms with Crippen LogP contribution in [-0.4, -0.2) is 16.3 Å². The highest BCUT2D eigenvalue weighted by molar-refractivity contribution is 5.71. The van der Waals surface area contributed by atoms with Gasteiger partial charge in [0.25, 0.3) is 0 Å². The maximum absolute atomic E-state index is 11.2. The number of carbonyl (C=O) groups excluding carboxylic acids is 1. The van der Waals surface area contributed by atoms with Gasteiger partial charge in [-0.2, -0.15) is 5.06 Å². The molecule has 5 heteroatoms. The molecule has 5 nitrogen and oxygen atoms in total. The van der Waals surface area contributed by atoms with Crippen LogP contribution in [0.5, 0.6) is 5.75 Å². The van der Waals surface area contributed by atoms with Crippen molar-refractivity contribution in [2.24, 2.45) is 5.73 Å². The maximum Gasteiger partial charge on any atom is 0.339 e. The standard InChI is InChI=1S/C17H18N2O3/c18-17(20)19(21)15-10-9-14-13(15)7-4-8-16(14)22-11-12-5-2-1-3-6-12/h1-8,15,21H,9-11H2,(H2,18,20). The quantitative estimate of drug-likeness (QED) is 0.673. The van der Waals surface area contributed by atoms with Gasteiger partial charge in [0.15, 0.2) is 0 Å². The van der Waals surface area contributed by atoms with E-state index in [0.717, 1.165) is 28.9 Å². The SMILES string of the molecule is NC(=O)N(O)C1CCc2c(OCc3ccccc3)cccc21. The molecule has 0 aliphatic heterocycles. The van der Waals surface area contributed by atoms with Crippen LogP contribution in [0.4, 0.5) is 4.79 Å². The molecule has 0 bridgehead atoms. The Labute approximate surface area is 128 Å². The molecule has 0 heterocycles. The largest absolute Gasteiger partial charge is 0.489 e. The number of hydrogen-bond donors (Lipinski definition) is 2. The minimum atomic E-state index is -0.839. The number of fused-ring (bicyclic) bond motifs is 1. The molecule has 3 rings (SSSR count). The van der Waals surface area contributed by atoms with Gasteiger partial charge >= 0.3 is 6.03 Å². The van der Waals surface area contributed by atoms with Crippen molar-refractivity contribution in [1.82, 2.24) is 5.06 Å². The molecule has 1 aliphatic carbocycles. The number of benzene rings is 2. The minimum absolute atomic E-state index is 0.396. The second kappa shape index (κ2) is 6.07. The second-order valence-electron chi connectivity index (χ2n) is 5.34. The van der Waals surface area contributed by atoms with Crippen molar-refractivity contribution >= 4 is 6.03 Å². The van der Waals surface area contributed by atoms with E-state index in [4.69, 9.17) is 10.5 Å². The Kier molecular flexibility index (Phi) is 3.98. The molecule has 22 heavy (non-hydrogen) atoms. The van der Waals surface area contributed by atoms with Crippen LogP contribution in [-0.2, 0) is 13.0 Å². The number of hydroxylamine groups is 2. The van der Waals surface area contributed by atoms with Crippen LogP contribution in [0.3, 0.4) is 0 Å². The fraction of sp³-hybridized carbons (Fsp3) is 0.235. The fourth-order valence-electron chi connectivity index (χ4n) is 2.88. The molecule has 1 unspecified atom stereocenters. The third kappa shape index (κ3) is 2.76. The van der Waals surface area contributed by atoms with E-state index in [-0.39, 0.29) is 0 Å². The number of rotatable bonds is 4. The Morgan fingerprint density at radius 1 is 1.23 bits per heavy atom. The van der Waals surface area contributed by atoms with Crippen LogP contribution < -0.4 is 10.5 Å². The Hall–Kier alpha value is -2.53. The molecule has 114 valence electrons. The van der Waals surface area contributed by atoms with Crippen LogP contribution in [0.2, 0.25) is 0 Å². The van der Waals surface area contributed by atoms with Gasteiger partial charge in [-0.1, -0.05) is 42.5 Å². The van der Waals surface area contributed by atoms with Crippen molar-refractivity contribution in [3.05, 3.63) is 65.2 Å². The number of carbonyl (C=O) groups is 1. The van der Waals surface area contributed by atoms with Crippen LogP contribution in [0.1, 0.15) is 29.2 Å². The maximum atomic E-state index is 11.2. The van der Waals surface area contributed by atoms with Crippen molar-refractivity contribution in [3.63, 3.8) is 0 Å². The average Bonchev–Trinajstić information content (AvgIpc) is 2.97. The fourth-order valence-corrected chi connectivity index (χ4v) is 2.88. The molecule has 0 saturated carbocycles. The number of urea groups is 1. The number of nitrogens with zero attached hydrogens (tertiary/aromatic N) is 1. The molecule has 2 aromatic carbocycles. The number of hydrogen-bond acceptors (Lipinski definition) is 3. The number of amides is 2. The monoisotopic (exact) mass is 298 g/mol. The molecule has 1 atom stereocenters. The Bertz CT molecular complexity index is 673. The molecular weight excluding hydrogens is 280 g/mol. The van der Waals surface area contributed by atoms with Crippen LogP contribution in [0.15, 0.2) is 48.5 Å². The summed E-state index contributed by atoms with van der Waals surface area (Å²) in [4.78, 5) is 11.2. The molecule has 0 aromatic heterocycles. The minimum Gasteiger partial charge on any atom is -0.489 e. The zero-order valence-electron chi connectivity index (χ0n) is 12.1. The van der Waals surface area contributed by atoms with Gasteiger partial charge in [-0.3, -0.25) is 5.21 Å². The Morgan fingerprint density at radius 3 is 2.73 bits per heavy atom. The van der Waals surface area contributed by atoms with Gasteiger partial charge < -0.3 is 10.5 Å². The summed E-state index contributed by atoms with van der Waals surface area (Å²) in [5.74, 6) is 0.793. The first-order chi connectivity index (χ1) is 10.7. The first kappa shape index (κ1) is 14.4. The molecule has 0 saturated heterocycles. The summed E-state index contributed by atoms with van der Waals surface area (Å²) < 4.78 is 5.91. The lowest BCUT2D eigenvalue weighted by molar-refractivity contribution is -0.0757. The molecule has 0 radical (unpaired) electrons. The van der Waals surface area contributed by atoms with E-state index in [0.29, 0.717) is 18.1 Å². The van der Waals surface area contributed by atoms with Crippen molar-refractivity contribution in [1.29, 1.82) is 0 Å². The zero-order chi connectivity index (χ0) is 15.5. The lowest BCUT2D eigenvalue weighted by Gasteiger charge is -2.21. The first-order valence-electron chi connectivity index (χ1n) is 7.23. The lowest BCUT2D eigenvalue weighted by Crippen LogP contribution is -2.35. The van der Waals surface area contributed by atoms with E-state index in [1.807, 2.05) is 48.5 Å². The van der Waals surface area contributed by atoms with Crippen molar-refractivity contribution < 1.29 is 14.7 Å². The molecule has 1 aliphatic rings. The van der Waals surface area contributed by atoms with Crippen molar-refractivity contribution in [2.45, 2.75) is 25.5 Å². The molecule has 0 spiro atoms. The normalized spacial score (nSPS) is 16.1. The molecule has 0 fully saturated rings. The van der Waals surface area contributed by atoms with Crippen molar-refractivity contribution in [3.8, 4) is 5.75 Å². The highest BCUT2D eigenvalue weighted by Gasteiger charge is 2.31. The number of ether oxygens (including phenoxy) is 1. The van der Waals surface area contributed by atoms with E-state index >= 15 is 0 Å². The summed E-state index contributed by atoms with van der Waals surface area (Å²) >= 11 is 0. The smallest absolute Gasteiger partial charge is 0.339 e. The Balaban J connectivity index is 1.79. The molecular formula is C17H18N2O3. The number of primary amides is 1. The van der Waals surface area contributed by atoms with Gasteiger partial charge in [-0.25, -0.2) is 4.79 Å². The summed E-state index contributed by atoms with van der Waals surface area (Å²) in [6.07, 6.45) is 1.38. The van der Waals surface area contributed by atoms with E-state index < -0.39 is 12.1 Å². The number of nitrogens with two attached hydrogens (primary N) is 1. The highest BCUT2D eigenvalue weighted by atomic mass is 16.5. The summed E-state index contributed by atoms with van der Waals surface area (Å²) in [5.41, 5.74) is 8.17. The second-order valence-corrected chi connectivity index (χ2v) is 5.34. The zero-order valence-corrected chi connectivity index (χ0v) is 12.1. The van der Waals surface area contributed by atoms with Gasteiger partial charge in [-0.05, 0) is 35.6 Å². The van der Waals surface area contributed by atoms with E-state index in [2.05, 4.69) is 0 Å². The van der Waals surface area contributed by atoms with Gasteiger partial charge in [-0.15, -0.1) is 0 Å². The van der Waals surface area contributed by atoms with Crippen LogP contribution in [0.25, 0.3) is 0 Å². The van der Waals surface area contributed by atoms with Crippen LogP contribution in [0, 0.1) is 0 Å². The van der Waals surface area contributed by atoms with Crippen molar-refractivity contribution in [2.75, 3.05) is 0 Å². The van der Waals surface area contributed by atoms with Crippen LogP contribution >= 0.6 is 0 Å². The van der Waals surface area contributed by atoms with E-state index in [9.17, 15) is 10.0 Å².